The molecule has 0 saturated heterocycles. The van der Waals surface area contributed by atoms with Crippen LogP contribution in [0.2, 0.25) is 0 Å². The maximum absolute atomic E-state index is 12.8. The lowest BCUT2D eigenvalue weighted by Gasteiger charge is -2.14. The number of thiazole rings is 1. The molecule has 0 bridgehead atoms. The van der Waals surface area contributed by atoms with E-state index in [1.54, 1.807) is 4.40 Å². The molecule has 0 atom stereocenters. The van der Waals surface area contributed by atoms with Gasteiger partial charge in [-0.05, 0) is 37.3 Å². The average Bonchev–Trinajstić information content (AvgIpc) is 3.30. The van der Waals surface area contributed by atoms with Crippen LogP contribution < -0.4 is 19.7 Å². The third-order valence-electron chi connectivity index (χ3n) is 4.48. The van der Waals surface area contributed by atoms with E-state index in [9.17, 15) is 4.79 Å². The van der Waals surface area contributed by atoms with E-state index in [1.807, 2.05) is 60.7 Å². The van der Waals surface area contributed by atoms with Gasteiger partial charge in [-0.1, -0.05) is 35.6 Å². The lowest BCUT2D eigenvalue weighted by atomic mass is 10.3. The van der Waals surface area contributed by atoms with Crippen molar-refractivity contribution in [2.45, 2.75) is 6.92 Å². The molecule has 4 aromatic rings. The number of anilines is 1. The summed E-state index contributed by atoms with van der Waals surface area (Å²) in [5.41, 5.74) is 2.68. The minimum Gasteiger partial charge on any atom is -0.439 e. The Labute approximate surface area is 153 Å². The number of para-hydroxylation sites is 4. The van der Waals surface area contributed by atoms with Gasteiger partial charge >= 0.3 is 0 Å². The van der Waals surface area contributed by atoms with Crippen molar-refractivity contribution < 1.29 is 4.74 Å². The largest absolute Gasteiger partial charge is 0.439 e. The Hall–Kier alpha value is -3.12. The standard InChI is InChI=1S/C20H15N3O2S/c1-2-22-15-9-5-6-10-16(15)25-18(22)12-11-17-19(24)23-14-8-4-3-7-13(14)21-20(23)26-17/h3-12H,2H2,1H3/b17-11+,18-12+. The lowest BCUT2D eigenvalue weighted by Crippen LogP contribution is -2.23. The number of ether oxygens (including phenoxy) is 1. The second-order valence-electron chi connectivity index (χ2n) is 5.98. The van der Waals surface area contributed by atoms with Crippen LogP contribution in [-0.2, 0) is 0 Å². The van der Waals surface area contributed by atoms with Crippen molar-refractivity contribution in [3.63, 3.8) is 0 Å². The topological polar surface area (TPSA) is 46.8 Å². The van der Waals surface area contributed by atoms with Gasteiger partial charge in [0.15, 0.2) is 10.7 Å². The molecule has 1 aliphatic rings. The van der Waals surface area contributed by atoms with E-state index in [0.29, 0.717) is 9.49 Å². The van der Waals surface area contributed by atoms with Crippen molar-refractivity contribution in [3.05, 3.63) is 75.4 Å². The fourth-order valence-corrected chi connectivity index (χ4v) is 4.20. The normalized spacial score (nSPS) is 16.0. The fourth-order valence-electron chi connectivity index (χ4n) is 3.28. The van der Waals surface area contributed by atoms with Crippen molar-refractivity contribution in [1.82, 2.24) is 9.38 Å². The molecule has 0 N–H and O–H groups in total. The van der Waals surface area contributed by atoms with Gasteiger partial charge in [-0.2, -0.15) is 0 Å². The number of hydrogen-bond acceptors (Lipinski definition) is 5. The van der Waals surface area contributed by atoms with Gasteiger partial charge in [0.05, 0.1) is 21.3 Å². The first kappa shape index (κ1) is 15.2. The predicted octanol–water partition coefficient (Wildman–Crippen LogP) is 3.17. The van der Waals surface area contributed by atoms with Crippen molar-refractivity contribution in [2.24, 2.45) is 0 Å². The molecule has 0 aliphatic carbocycles. The van der Waals surface area contributed by atoms with Gasteiger partial charge in [0.2, 0.25) is 5.88 Å². The molecule has 5 rings (SSSR count). The molecular formula is C20H15N3O2S. The highest BCUT2D eigenvalue weighted by molar-refractivity contribution is 7.15. The Morgan fingerprint density at radius 2 is 1.92 bits per heavy atom. The highest BCUT2D eigenvalue weighted by Gasteiger charge is 2.23. The summed E-state index contributed by atoms with van der Waals surface area (Å²) in [4.78, 5) is 20.1. The first-order valence-electron chi connectivity index (χ1n) is 8.42. The maximum atomic E-state index is 12.8. The van der Waals surface area contributed by atoms with Gasteiger partial charge in [-0.15, -0.1) is 0 Å². The first-order chi connectivity index (χ1) is 12.8. The van der Waals surface area contributed by atoms with Crippen LogP contribution in [0.15, 0.2) is 65.3 Å². The third kappa shape index (κ3) is 2.16. The van der Waals surface area contributed by atoms with Crippen LogP contribution in [0, 0.1) is 0 Å². The van der Waals surface area contributed by atoms with Gasteiger partial charge in [-0.25, -0.2) is 9.38 Å². The summed E-state index contributed by atoms with van der Waals surface area (Å²) in [5.74, 6) is 1.56. The number of allylic oxidation sites excluding steroid dienone is 1. The Morgan fingerprint density at radius 1 is 1.12 bits per heavy atom. The molecule has 1 aliphatic heterocycles. The van der Waals surface area contributed by atoms with Gasteiger partial charge in [0, 0.05) is 12.6 Å². The van der Waals surface area contributed by atoms with Crippen LogP contribution in [0.3, 0.4) is 0 Å². The predicted molar refractivity (Wildman–Crippen MR) is 105 cm³/mol. The van der Waals surface area contributed by atoms with Crippen molar-refractivity contribution >= 4 is 39.1 Å². The Morgan fingerprint density at radius 3 is 2.81 bits per heavy atom. The fraction of sp³-hybridized carbons (Fsp3) is 0.100. The van der Waals surface area contributed by atoms with Crippen LogP contribution in [0.25, 0.3) is 22.1 Å². The monoisotopic (exact) mass is 361 g/mol. The van der Waals surface area contributed by atoms with Gasteiger partial charge in [0.25, 0.3) is 5.56 Å². The van der Waals surface area contributed by atoms with E-state index in [-0.39, 0.29) is 5.56 Å². The number of benzene rings is 2. The molecule has 5 nitrogen and oxygen atoms in total. The number of imidazole rings is 1. The second-order valence-corrected chi connectivity index (χ2v) is 6.98. The molecule has 0 saturated carbocycles. The zero-order valence-electron chi connectivity index (χ0n) is 14.0. The number of hydrogen-bond donors (Lipinski definition) is 0. The summed E-state index contributed by atoms with van der Waals surface area (Å²) in [5, 5.41) is 0. The van der Waals surface area contributed by atoms with Crippen LogP contribution >= 0.6 is 11.3 Å². The minimum absolute atomic E-state index is 0.0471. The molecule has 0 amide bonds. The molecule has 0 unspecified atom stereocenters. The van der Waals surface area contributed by atoms with E-state index in [0.717, 1.165) is 34.9 Å². The second kappa shape index (κ2) is 5.71. The van der Waals surface area contributed by atoms with E-state index in [4.69, 9.17) is 4.74 Å². The molecule has 0 spiro atoms. The smallest absolute Gasteiger partial charge is 0.274 e. The highest BCUT2D eigenvalue weighted by Crippen LogP contribution is 2.38. The zero-order chi connectivity index (χ0) is 17.7. The van der Waals surface area contributed by atoms with Crippen LogP contribution in [0.4, 0.5) is 5.69 Å². The molecule has 2 aromatic heterocycles. The van der Waals surface area contributed by atoms with E-state index in [2.05, 4.69) is 16.8 Å². The molecule has 26 heavy (non-hydrogen) atoms. The first-order valence-corrected chi connectivity index (χ1v) is 9.24. The van der Waals surface area contributed by atoms with E-state index >= 15 is 0 Å². The summed E-state index contributed by atoms with van der Waals surface area (Å²) >= 11 is 1.39. The molecule has 0 fully saturated rings. The summed E-state index contributed by atoms with van der Waals surface area (Å²) in [6, 6.07) is 15.6. The molecule has 0 radical (unpaired) electrons. The number of nitrogens with zero attached hydrogens (tertiary/aromatic N) is 3. The molecule has 6 heteroatoms. The minimum atomic E-state index is -0.0471. The quantitative estimate of drug-likeness (QED) is 0.550. The zero-order valence-corrected chi connectivity index (χ0v) is 14.9. The van der Waals surface area contributed by atoms with Gasteiger partial charge in [-0.3, -0.25) is 4.79 Å². The summed E-state index contributed by atoms with van der Waals surface area (Å²) in [7, 11) is 0. The van der Waals surface area contributed by atoms with Crippen LogP contribution in [0.5, 0.6) is 5.75 Å². The van der Waals surface area contributed by atoms with E-state index < -0.39 is 0 Å². The van der Waals surface area contributed by atoms with Gasteiger partial charge in [0.1, 0.15) is 0 Å². The lowest BCUT2D eigenvalue weighted by molar-refractivity contribution is 0.440. The van der Waals surface area contributed by atoms with E-state index in [1.165, 1.54) is 11.3 Å². The van der Waals surface area contributed by atoms with Crippen molar-refractivity contribution in [2.75, 3.05) is 11.4 Å². The summed E-state index contributed by atoms with van der Waals surface area (Å²) in [6.07, 6.45) is 3.68. The molecule has 2 aromatic carbocycles. The molecule has 3 heterocycles. The van der Waals surface area contributed by atoms with Crippen LogP contribution in [-0.4, -0.2) is 15.9 Å². The summed E-state index contributed by atoms with van der Waals surface area (Å²) < 4.78 is 8.25. The Balaban J connectivity index is 1.62. The van der Waals surface area contributed by atoms with Crippen molar-refractivity contribution in [3.8, 4) is 5.75 Å². The average molecular weight is 361 g/mol. The third-order valence-corrected chi connectivity index (χ3v) is 5.46. The Bertz CT molecular complexity index is 1290. The molecular weight excluding hydrogens is 346 g/mol. The summed E-state index contributed by atoms with van der Waals surface area (Å²) in [6.45, 7) is 2.86. The van der Waals surface area contributed by atoms with Crippen LogP contribution in [0.1, 0.15) is 6.92 Å². The van der Waals surface area contributed by atoms with Crippen molar-refractivity contribution in [1.29, 1.82) is 0 Å². The SMILES string of the molecule is CCN1/C(=C\C=c2\sc3nc4ccccc4n3c2=O)Oc2ccccc21. The van der Waals surface area contributed by atoms with Gasteiger partial charge < -0.3 is 9.64 Å². The maximum Gasteiger partial charge on any atom is 0.274 e. The number of fused-ring (bicyclic) bond motifs is 4. The number of rotatable bonds is 2. The highest BCUT2D eigenvalue weighted by atomic mass is 32.1. The number of aromatic nitrogens is 2. The molecule has 128 valence electrons. The Kier molecular flexibility index (Phi) is 3.33.